The van der Waals surface area contributed by atoms with E-state index in [-0.39, 0.29) is 0 Å². The van der Waals surface area contributed by atoms with Crippen LogP contribution in [0.2, 0.25) is 0 Å². The zero-order chi connectivity index (χ0) is 68.6. The van der Waals surface area contributed by atoms with Crippen LogP contribution in [-0.2, 0) is 0 Å². The lowest BCUT2D eigenvalue weighted by molar-refractivity contribution is 1.07. The van der Waals surface area contributed by atoms with Crippen LogP contribution in [0.15, 0.2) is 358 Å². The molecule has 0 aliphatic heterocycles. The zero-order valence-electron chi connectivity index (χ0n) is 56.2. The normalized spacial score (nSPS) is 11.7. The Morgan fingerprint density at radius 2 is 0.577 bits per heavy atom. The van der Waals surface area contributed by atoms with Crippen LogP contribution < -0.4 is 0 Å². The third-order valence-corrected chi connectivity index (χ3v) is 20.6. The SMILES string of the molecule is c1ccc(-c2nc(-c3ccc(-c4ccc5c6ccccc6c6ccccc6c5c4)cc3)nc(-c3ccc(-c4cccc5cc(-c6ccc(-c7nc(-c8ccc(-c9c%10ccccc%10cc%10c9ccc9ccccc9%10)cc8)cc(-c8ccc(-c9cccc%10cccnc9%10)cc8)n7)cc6)cnc45)cc3)n2)cc1. The largest absolute Gasteiger partial charge is 0.256 e. The van der Waals surface area contributed by atoms with Crippen molar-refractivity contribution >= 4 is 86.4 Å². The van der Waals surface area contributed by atoms with E-state index in [9.17, 15) is 0 Å². The molecule has 7 nitrogen and oxygen atoms in total. The van der Waals surface area contributed by atoms with Crippen molar-refractivity contribution in [2.45, 2.75) is 0 Å². The molecule has 4 aromatic heterocycles. The Labute approximate surface area is 599 Å². The Morgan fingerprint density at radius 3 is 1.18 bits per heavy atom. The number of aromatic nitrogens is 7. The summed E-state index contributed by atoms with van der Waals surface area (Å²) in [4.78, 5) is 36.0. The van der Waals surface area contributed by atoms with Crippen LogP contribution in [0.5, 0.6) is 0 Å². The summed E-state index contributed by atoms with van der Waals surface area (Å²) in [5, 5.41) is 17.1. The first-order chi connectivity index (χ1) is 51.5. The number of rotatable bonds is 11. The molecule has 0 saturated carbocycles. The molecule has 104 heavy (non-hydrogen) atoms. The van der Waals surface area contributed by atoms with Gasteiger partial charge in [-0.3, -0.25) is 9.97 Å². The molecule has 0 radical (unpaired) electrons. The molecule has 20 rings (SSSR count). The highest BCUT2D eigenvalue weighted by molar-refractivity contribution is 6.26. The molecule has 0 amide bonds. The lowest BCUT2D eigenvalue weighted by Gasteiger charge is -2.15. The molecule has 0 unspecified atom stereocenters. The van der Waals surface area contributed by atoms with E-state index < -0.39 is 0 Å². The van der Waals surface area contributed by atoms with Crippen LogP contribution in [0.25, 0.3) is 210 Å². The van der Waals surface area contributed by atoms with E-state index in [0.29, 0.717) is 23.3 Å². The van der Waals surface area contributed by atoms with Crippen LogP contribution in [0.3, 0.4) is 0 Å². The summed E-state index contributed by atoms with van der Waals surface area (Å²) in [5.74, 6) is 2.44. The van der Waals surface area contributed by atoms with Gasteiger partial charge in [-0.1, -0.05) is 315 Å². The predicted octanol–water partition coefficient (Wildman–Crippen LogP) is 25.0. The van der Waals surface area contributed by atoms with Crippen LogP contribution in [0, 0.1) is 0 Å². The summed E-state index contributed by atoms with van der Waals surface area (Å²) in [6.07, 6.45) is 3.83. The Balaban J connectivity index is 0.602. The van der Waals surface area contributed by atoms with Crippen LogP contribution in [0.1, 0.15) is 0 Å². The summed E-state index contributed by atoms with van der Waals surface area (Å²) in [6, 6.07) is 123. The molecular formula is C97H59N7. The first kappa shape index (κ1) is 60.0. The van der Waals surface area contributed by atoms with Gasteiger partial charge in [-0.05, 0) is 134 Å². The molecule has 0 aliphatic rings. The van der Waals surface area contributed by atoms with Crippen molar-refractivity contribution < 1.29 is 0 Å². The van der Waals surface area contributed by atoms with Gasteiger partial charge in [0.1, 0.15) is 0 Å². The third kappa shape index (κ3) is 10.7. The summed E-state index contributed by atoms with van der Waals surface area (Å²) < 4.78 is 0. The summed E-state index contributed by atoms with van der Waals surface area (Å²) in [6.45, 7) is 0. The van der Waals surface area contributed by atoms with E-state index in [0.717, 1.165) is 117 Å². The van der Waals surface area contributed by atoms with Gasteiger partial charge in [0.15, 0.2) is 23.3 Å². The quantitative estimate of drug-likeness (QED) is 0.0941. The van der Waals surface area contributed by atoms with Gasteiger partial charge in [0, 0.05) is 73.2 Å². The molecule has 0 fully saturated rings. The van der Waals surface area contributed by atoms with E-state index >= 15 is 0 Å². The highest BCUT2D eigenvalue weighted by atomic mass is 15.0. The summed E-state index contributed by atoms with van der Waals surface area (Å²) in [7, 11) is 0. The number of para-hydroxylation sites is 2. The zero-order valence-corrected chi connectivity index (χ0v) is 56.2. The van der Waals surface area contributed by atoms with E-state index in [1.165, 1.54) is 70.2 Å². The van der Waals surface area contributed by atoms with Crippen LogP contribution >= 0.6 is 0 Å². The van der Waals surface area contributed by atoms with E-state index in [2.05, 4.69) is 309 Å². The monoisotopic (exact) mass is 1320 g/mol. The molecule has 16 aromatic carbocycles. The van der Waals surface area contributed by atoms with E-state index in [1.807, 2.05) is 48.8 Å². The van der Waals surface area contributed by atoms with E-state index in [4.69, 9.17) is 34.9 Å². The van der Waals surface area contributed by atoms with Gasteiger partial charge in [-0.15, -0.1) is 0 Å². The first-order valence-electron chi connectivity index (χ1n) is 35.1. The average molecular weight is 1320 g/mol. The van der Waals surface area contributed by atoms with Gasteiger partial charge in [0.05, 0.1) is 22.4 Å². The summed E-state index contributed by atoms with van der Waals surface area (Å²) in [5.41, 5.74) is 20.1. The lowest BCUT2D eigenvalue weighted by atomic mass is 9.89. The second-order valence-electron chi connectivity index (χ2n) is 26.7. The molecule has 0 N–H and O–H groups in total. The molecule has 7 heteroatoms. The van der Waals surface area contributed by atoms with Gasteiger partial charge < -0.3 is 0 Å². The van der Waals surface area contributed by atoms with Crippen LogP contribution in [-0.4, -0.2) is 34.9 Å². The molecule has 0 saturated heterocycles. The van der Waals surface area contributed by atoms with Crippen molar-refractivity contribution in [3.63, 3.8) is 0 Å². The predicted molar refractivity (Wildman–Crippen MR) is 431 cm³/mol. The fraction of sp³-hybridized carbons (Fsp3) is 0. The number of nitrogens with zero attached hydrogens (tertiary/aromatic N) is 7. The Hall–Kier alpha value is -14.0. The smallest absolute Gasteiger partial charge is 0.164 e. The van der Waals surface area contributed by atoms with Gasteiger partial charge in [0.2, 0.25) is 0 Å². The third-order valence-electron chi connectivity index (χ3n) is 20.6. The Kier molecular flexibility index (Phi) is 14.4. The summed E-state index contributed by atoms with van der Waals surface area (Å²) >= 11 is 0. The van der Waals surface area contributed by atoms with Crippen molar-refractivity contribution in [1.82, 2.24) is 34.9 Å². The Bertz CT molecular complexity index is 6760. The molecule has 482 valence electrons. The van der Waals surface area contributed by atoms with Crippen molar-refractivity contribution in [3.05, 3.63) is 358 Å². The van der Waals surface area contributed by atoms with Crippen molar-refractivity contribution in [1.29, 1.82) is 0 Å². The number of hydrogen-bond acceptors (Lipinski definition) is 7. The molecular weight excluding hydrogens is 1260 g/mol. The minimum atomic E-state index is 0.594. The topological polar surface area (TPSA) is 90.2 Å². The maximum absolute atomic E-state index is 5.36. The number of pyridine rings is 2. The lowest BCUT2D eigenvalue weighted by Crippen LogP contribution is -2.00. The molecule has 0 atom stereocenters. The molecule has 0 bridgehead atoms. The molecule has 20 aromatic rings. The van der Waals surface area contributed by atoms with Crippen molar-refractivity contribution in [3.8, 4) is 124 Å². The maximum atomic E-state index is 5.36. The highest BCUT2D eigenvalue weighted by Gasteiger charge is 2.19. The molecule has 0 aliphatic carbocycles. The fourth-order valence-corrected chi connectivity index (χ4v) is 15.4. The highest BCUT2D eigenvalue weighted by Crippen LogP contribution is 2.43. The Morgan fingerprint density at radius 1 is 0.173 bits per heavy atom. The van der Waals surface area contributed by atoms with Crippen molar-refractivity contribution in [2.75, 3.05) is 0 Å². The fourth-order valence-electron chi connectivity index (χ4n) is 15.4. The van der Waals surface area contributed by atoms with Crippen molar-refractivity contribution in [2.24, 2.45) is 0 Å². The standard InChI is InChI=1S/C97H59N7/c1-2-16-69(17-3-1)95-102-96(71-44-30-60(31-45-71)73-51-52-85-83-26-9-8-24-81(83)82-25-10-11-27-84(82)88(85)56-73)104-97(103-95)72-48-36-64(37-49-72)80-29-13-20-75-55-76(59-99-93(75)80)61-32-46-70(47-33-61)94-100-89(65-38-34-63(35-39-65)79-28-12-19-68-21-14-54-98-92(68)79)58-90(101-94)66-40-42-67(43-41-66)91-78-23-7-5-18-74(78)57-87-77-22-6-4-15-62(77)50-53-86(87)91/h1-59H. The minimum absolute atomic E-state index is 0.594. The van der Waals surface area contributed by atoms with Gasteiger partial charge in [-0.25, -0.2) is 24.9 Å². The first-order valence-corrected chi connectivity index (χ1v) is 35.1. The van der Waals surface area contributed by atoms with Gasteiger partial charge in [-0.2, -0.15) is 0 Å². The number of benzene rings is 16. The van der Waals surface area contributed by atoms with E-state index in [1.54, 1.807) is 0 Å². The minimum Gasteiger partial charge on any atom is -0.256 e. The average Bonchev–Trinajstić information content (AvgIpc) is 0.851. The van der Waals surface area contributed by atoms with Gasteiger partial charge >= 0.3 is 0 Å². The molecule has 0 spiro atoms. The maximum Gasteiger partial charge on any atom is 0.164 e. The number of fused-ring (bicyclic) bond motifs is 12. The second kappa shape index (κ2) is 25.0. The van der Waals surface area contributed by atoms with Crippen LogP contribution in [0.4, 0.5) is 0 Å². The molecule has 4 heterocycles. The van der Waals surface area contributed by atoms with Gasteiger partial charge in [0.25, 0.3) is 0 Å². The second-order valence-corrected chi connectivity index (χ2v) is 26.7. The number of hydrogen-bond donors (Lipinski definition) is 0.